The Morgan fingerprint density at radius 2 is 1.77 bits per heavy atom. The van der Waals surface area contributed by atoms with Crippen molar-refractivity contribution in [3.63, 3.8) is 0 Å². The Morgan fingerprint density at radius 3 is 2.46 bits per heavy atom. The van der Waals surface area contributed by atoms with Gasteiger partial charge < -0.3 is 9.47 Å². The molecule has 0 atom stereocenters. The lowest BCUT2D eigenvalue weighted by Gasteiger charge is -2.26. The topological polar surface area (TPSA) is 21.7 Å². The molecule has 1 heterocycles. The van der Waals surface area contributed by atoms with E-state index in [1.165, 1.54) is 18.2 Å². The molecule has 0 aromatic heterocycles. The number of halogens is 2. The lowest BCUT2D eigenvalue weighted by Crippen LogP contribution is -2.38. The third-order valence-electron chi connectivity index (χ3n) is 4.68. The summed E-state index contributed by atoms with van der Waals surface area (Å²) < 4.78 is 39.5. The molecule has 1 saturated heterocycles. The minimum absolute atomic E-state index is 0.0792. The number of hydrogen-bond donors (Lipinski definition) is 0. The first-order valence-electron chi connectivity index (χ1n) is 9.00. The van der Waals surface area contributed by atoms with Gasteiger partial charge in [-0.25, -0.2) is 8.78 Å². The van der Waals surface area contributed by atoms with Crippen LogP contribution in [0.1, 0.15) is 22.3 Å². The van der Waals surface area contributed by atoms with Crippen LogP contribution in [0.4, 0.5) is 8.78 Å². The molecule has 0 bridgehead atoms. The lowest BCUT2D eigenvalue weighted by molar-refractivity contribution is 0.0321. The molecule has 0 saturated carbocycles. The second kappa shape index (κ2) is 8.60. The molecule has 5 heteroatoms. The summed E-state index contributed by atoms with van der Waals surface area (Å²) in [6.07, 6.45) is 0.175. The number of hydrogen-bond acceptors (Lipinski definition) is 3. The lowest BCUT2D eigenvalue weighted by atomic mass is 9.98. The monoisotopic (exact) mass is 361 g/mol. The molecule has 3 rings (SSSR count). The van der Waals surface area contributed by atoms with Gasteiger partial charge >= 0.3 is 0 Å². The largest absolute Gasteiger partial charge is 0.492 e. The van der Waals surface area contributed by atoms with Crippen LogP contribution in [0.15, 0.2) is 30.3 Å². The van der Waals surface area contributed by atoms with Crippen molar-refractivity contribution in [1.29, 1.82) is 0 Å². The van der Waals surface area contributed by atoms with Crippen molar-refractivity contribution in [2.75, 3.05) is 39.5 Å². The molecule has 0 N–H and O–H groups in total. The van der Waals surface area contributed by atoms with Crippen LogP contribution in [-0.2, 0) is 11.2 Å². The van der Waals surface area contributed by atoms with Crippen LogP contribution >= 0.6 is 0 Å². The van der Waals surface area contributed by atoms with Gasteiger partial charge in [0.05, 0.1) is 13.2 Å². The van der Waals surface area contributed by atoms with Crippen LogP contribution in [0.3, 0.4) is 0 Å². The highest BCUT2D eigenvalue weighted by atomic mass is 19.1. The summed E-state index contributed by atoms with van der Waals surface area (Å²) in [5.74, 6) is -0.321. The fraction of sp³-hybridized carbons (Fsp3) is 0.429. The second-order valence-corrected chi connectivity index (χ2v) is 6.75. The first kappa shape index (κ1) is 18.8. The first-order chi connectivity index (χ1) is 12.5. The van der Waals surface area contributed by atoms with Crippen molar-refractivity contribution in [2.24, 2.45) is 0 Å². The van der Waals surface area contributed by atoms with E-state index < -0.39 is 11.6 Å². The van der Waals surface area contributed by atoms with E-state index in [-0.39, 0.29) is 12.0 Å². The van der Waals surface area contributed by atoms with Crippen LogP contribution in [0.5, 0.6) is 5.75 Å². The molecule has 0 spiro atoms. The van der Waals surface area contributed by atoms with Crippen LogP contribution in [-0.4, -0.2) is 44.4 Å². The Morgan fingerprint density at radius 1 is 1.08 bits per heavy atom. The quantitative estimate of drug-likeness (QED) is 0.779. The van der Waals surface area contributed by atoms with E-state index in [1.807, 2.05) is 26.0 Å². The summed E-state index contributed by atoms with van der Waals surface area (Å²) in [4.78, 5) is 2.29. The van der Waals surface area contributed by atoms with E-state index in [9.17, 15) is 8.78 Å². The van der Waals surface area contributed by atoms with Gasteiger partial charge in [0, 0.05) is 31.6 Å². The molecule has 3 nitrogen and oxygen atoms in total. The number of aryl methyl sites for hydroxylation is 2. The third kappa shape index (κ3) is 4.59. The summed E-state index contributed by atoms with van der Waals surface area (Å²) in [5, 5.41) is 0. The minimum Gasteiger partial charge on any atom is -0.492 e. The zero-order valence-corrected chi connectivity index (χ0v) is 15.4. The standard InChI is InChI=1S/C21H25F2NO2/c1-15-12-16(2)21(26-11-8-24-6-9-25-10-7-24)17(13-15)14-18-19(22)4-3-5-20(18)23/h3-5,12-13H,6-11,14H2,1-2H3. The summed E-state index contributed by atoms with van der Waals surface area (Å²) in [5.41, 5.74) is 2.93. The maximum atomic E-state index is 14.1. The van der Waals surface area contributed by atoms with E-state index in [0.717, 1.165) is 55.3 Å². The molecule has 2 aromatic carbocycles. The zero-order chi connectivity index (χ0) is 18.5. The van der Waals surface area contributed by atoms with Crippen molar-refractivity contribution in [3.8, 4) is 5.75 Å². The van der Waals surface area contributed by atoms with Crippen LogP contribution in [0.25, 0.3) is 0 Å². The number of benzene rings is 2. The van der Waals surface area contributed by atoms with E-state index in [0.29, 0.717) is 6.61 Å². The van der Waals surface area contributed by atoms with Crippen molar-refractivity contribution in [1.82, 2.24) is 4.90 Å². The van der Waals surface area contributed by atoms with Gasteiger partial charge in [-0.05, 0) is 37.1 Å². The van der Waals surface area contributed by atoms with Crippen molar-refractivity contribution >= 4 is 0 Å². The molecule has 0 amide bonds. The van der Waals surface area contributed by atoms with E-state index >= 15 is 0 Å². The molecule has 1 aliphatic heterocycles. The molecule has 0 radical (unpaired) electrons. The Hall–Kier alpha value is -1.98. The minimum atomic E-state index is -0.525. The Bertz CT molecular complexity index is 738. The molecule has 1 fully saturated rings. The van der Waals surface area contributed by atoms with Gasteiger partial charge in [-0.2, -0.15) is 0 Å². The van der Waals surface area contributed by atoms with Crippen LogP contribution in [0.2, 0.25) is 0 Å². The van der Waals surface area contributed by atoms with Gasteiger partial charge in [0.15, 0.2) is 0 Å². The first-order valence-corrected chi connectivity index (χ1v) is 9.00. The maximum absolute atomic E-state index is 14.1. The molecule has 0 unspecified atom stereocenters. The van der Waals surface area contributed by atoms with Crippen molar-refractivity contribution < 1.29 is 18.3 Å². The Kier molecular flexibility index (Phi) is 6.22. The molecule has 2 aromatic rings. The number of ether oxygens (including phenoxy) is 2. The number of rotatable bonds is 6. The van der Waals surface area contributed by atoms with Gasteiger partial charge in [0.1, 0.15) is 24.0 Å². The van der Waals surface area contributed by atoms with Gasteiger partial charge in [-0.15, -0.1) is 0 Å². The van der Waals surface area contributed by atoms with E-state index in [1.54, 1.807) is 0 Å². The summed E-state index contributed by atoms with van der Waals surface area (Å²) in [6.45, 7) is 8.61. The highest BCUT2D eigenvalue weighted by Crippen LogP contribution is 2.29. The second-order valence-electron chi connectivity index (χ2n) is 6.75. The fourth-order valence-electron chi connectivity index (χ4n) is 3.37. The van der Waals surface area contributed by atoms with Crippen LogP contribution in [0, 0.1) is 25.5 Å². The number of nitrogens with zero attached hydrogens (tertiary/aromatic N) is 1. The van der Waals surface area contributed by atoms with Gasteiger partial charge in [-0.1, -0.05) is 23.8 Å². The smallest absolute Gasteiger partial charge is 0.129 e. The van der Waals surface area contributed by atoms with Gasteiger partial charge in [0.25, 0.3) is 0 Å². The predicted molar refractivity (Wildman–Crippen MR) is 97.8 cm³/mol. The molecular weight excluding hydrogens is 336 g/mol. The predicted octanol–water partition coefficient (Wildman–Crippen LogP) is 3.88. The highest BCUT2D eigenvalue weighted by Gasteiger charge is 2.16. The molecule has 0 aliphatic carbocycles. The fourth-order valence-corrected chi connectivity index (χ4v) is 3.37. The van der Waals surface area contributed by atoms with E-state index in [2.05, 4.69) is 4.90 Å². The number of morpholine rings is 1. The molecule has 1 aliphatic rings. The Balaban J connectivity index is 1.76. The highest BCUT2D eigenvalue weighted by molar-refractivity contribution is 5.46. The molecular formula is C21H25F2NO2. The van der Waals surface area contributed by atoms with E-state index in [4.69, 9.17) is 9.47 Å². The van der Waals surface area contributed by atoms with Gasteiger partial charge in [-0.3, -0.25) is 4.90 Å². The normalized spacial score (nSPS) is 15.2. The average molecular weight is 361 g/mol. The van der Waals surface area contributed by atoms with Gasteiger partial charge in [0.2, 0.25) is 0 Å². The maximum Gasteiger partial charge on any atom is 0.129 e. The molecule has 140 valence electrons. The average Bonchev–Trinajstić information content (AvgIpc) is 2.61. The SMILES string of the molecule is Cc1cc(C)c(OCCN2CCOCC2)c(Cc2c(F)cccc2F)c1. The zero-order valence-electron chi connectivity index (χ0n) is 15.4. The van der Waals surface area contributed by atoms with Crippen molar-refractivity contribution in [2.45, 2.75) is 20.3 Å². The third-order valence-corrected chi connectivity index (χ3v) is 4.68. The van der Waals surface area contributed by atoms with Crippen LogP contribution < -0.4 is 4.74 Å². The summed E-state index contributed by atoms with van der Waals surface area (Å²) in [6, 6.07) is 7.95. The summed E-state index contributed by atoms with van der Waals surface area (Å²) >= 11 is 0. The Labute approximate surface area is 153 Å². The molecule has 26 heavy (non-hydrogen) atoms. The van der Waals surface area contributed by atoms with Crippen molar-refractivity contribution in [3.05, 3.63) is 64.2 Å². The summed E-state index contributed by atoms with van der Waals surface area (Å²) in [7, 11) is 0.